The first-order valence-electron chi connectivity index (χ1n) is 6.58. The van der Waals surface area contributed by atoms with Crippen molar-refractivity contribution in [3.63, 3.8) is 0 Å². The molecule has 0 saturated heterocycles. The monoisotopic (exact) mass is 274 g/mol. The van der Waals surface area contributed by atoms with E-state index in [-0.39, 0.29) is 12.0 Å². The molecule has 3 N–H and O–H groups in total. The van der Waals surface area contributed by atoms with Gasteiger partial charge in [-0.2, -0.15) is 0 Å². The van der Waals surface area contributed by atoms with Crippen molar-refractivity contribution < 1.29 is 9.13 Å². The van der Waals surface area contributed by atoms with Crippen molar-refractivity contribution >= 4 is 0 Å². The molecular weight excluding hydrogens is 255 g/mol. The average Bonchev–Trinajstić information content (AvgIpc) is 2.44. The van der Waals surface area contributed by atoms with Crippen molar-refractivity contribution in [2.24, 2.45) is 5.73 Å². The SMILES string of the molecule is C[C@@H](N)NCc1ccc(OCc2cccc(F)c2)cc1. The second-order valence-electron chi connectivity index (χ2n) is 4.73. The largest absolute Gasteiger partial charge is 0.489 e. The van der Waals surface area contributed by atoms with Gasteiger partial charge in [0.1, 0.15) is 18.2 Å². The minimum atomic E-state index is -0.247. The van der Waals surface area contributed by atoms with Crippen molar-refractivity contribution in [3.05, 3.63) is 65.5 Å². The Kier molecular flexibility index (Phi) is 5.09. The van der Waals surface area contributed by atoms with Crippen LogP contribution in [-0.4, -0.2) is 6.17 Å². The Hall–Kier alpha value is -1.91. The van der Waals surface area contributed by atoms with Gasteiger partial charge in [0.05, 0.1) is 6.17 Å². The summed E-state index contributed by atoms with van der Waals surface area (Å²) in [5.41, 5.74) is 7.58. The van der Waals surface area contributed by atoms with E-state index in [2.05, 4.69) is 5.32 Å². The normalized spacial score (nSPS) is 12.2. The maximum absolute atomic E-state index is 13.0. The van der Waals surface area contributed by atoms with Crippen LogP contribution in [0.2, 0.25) is 0 Å². The van der Waals surface area contributed by atoms with E-state index in [1.807, 2.05) is 37.3 Å². The second-order valence-corrected chi connectivity index (χ2v) is 4.73. The standard InChI is InChI=1S/C16H19FN2O/c1-12(18)19-10-13-5-7-16(8-6-13)20-11-14-3-2-4-15(17)9-14/h2-9,12,19H,10-11,18H2,1H3/t12-/m0/s1. The van der Waals surface area contributed by atoms with Crippen LogP contribution in [0.15, 0.2) is 48.5 Å². The zero-order valence-electron chi connectivity index (χ0n) is 11.5. The maximum Gasteiger partial charge on any atom is 0.123 e. The van der Waals surface area contributed by atoms with E-state index in [1.54, 1.807) is 6.07 Å². The van der Waals surface area contributed by atoms with E-state index >= 15 is 0 Å². The zero-order chi connectivity index (χ0) is 14.4. The zero-order valence-corrected chi connectivity index (χ0v) is 11.5. The predicted molar refractivity (Wildman–Crippen MR) is 77.7 cm³/mol. The third-order valence-electron chi connectivity index (χ3n) is 2.85. The summed E-state index contributed by atoms with van der Waals surface area (Å²) in [7, 11) is 0. The molecule has 20 heavy (non-hydrogen) atoms. The first-order chi connectivity index (χ1) is 9.63. The molecule has 2 aromatic rings. The summed E-state index contributed by atoms with van der Waals surface area (Å²) in [6.45, 7) is 2.98. The van der Waals surface area contributed by atoms with Crippen LogP contribution in [0.4, 0.5) is 4.39 Å². The Morgan fingerprint density at radius 2 is 1.90 bits per heavy atom. The van der Waals surface area contributed by atoms with Crippen LogP contribution < -0.4 is 15.8 Å². The molecule has 0 heterocycles. The third kappa shape index (κ3) is 4.64. The Labute approximate surface area is 118 Å². The highest BCUT2D eigenvalue weighted by molar-refractivity contribution is 5.27. The number of rotatable bonds is 6. The minimum absolute atomic E-state index is 0.0288. The third-order valence-corrected chi connectivity index (χ3v) is 2.85. The predicted octanol–water partition coefficient (Wildman–Crippen LogP) is 2.80. The second kappa shape index (κ2) is 7.03. The van der Waals surface area contributed by atoms with Gasteiger partial charge in [-0.3, -0.25) is 5.32 Å². The van der Waals surface area contributed by atoms with Gasteiger partial charge in [0.2, 0.25) is 0 Å². The molecule has 3 nitrogen and oxygen atoms in total. The molecule has 0 unspecified atom stereocenters. The lowest BCUT2D eigenvalue weighted by atomic mass is 10.2. The number of ether oxygens (including phenoxy) is 1. The highest BCUT2D eigenvalue weighted by atomic mass is 19.1. The molecule has 2 aromatic carbocycles. The molecule has 0 amide bonds. The highest BCUT2D eigenvalue weighted by Crippen LogP contribution is 2.14. The van der Waals surface area contributed by atoms with Crippen LogP contribution in [0.25, 0.3) is 0 Å². The van der Waals surface area contributed by atoms with Gasteiger partial charge in [0.15, 0.2) is 0 Å². The van der Waals surface area contributed by atoms with Crippen molar-refractivity contribution in [2.45, 2.75) is 26.2 Å². The summed E-state index contributed by atoms with van der Waals surface area (Å²) >= 11 is 0. The van der Waals surface area contributed by atoms with E-state index in [0.717, 1.165) is 23.4 Å². The topological polar surface area (TPSA) is 47.3 Å². The lowest BCUT2D eigenvalue weighted by Crippen LogP contribution is -2.33. The summed E-state index contributed by atoms with van der Waals surface area (Å²) < 4.78 is 18.6. The number of hydrogen-bond acceptors (Lipinski definition) is 3. The van der Waals surface area contributed by atoms with Crippen molar-refractivity contribution in [2.75, 3.05) is 0 Å². The Balaban J connectivity index is 1.87. The maximum atomic E-state index is 13.0. The van der Waals surface area contributed by atoms with Gasteiger partial charge >= 0.3 is 0 Å². The fourth-order valence-electron chi connectivity index (χ4n) is 1.78. The van der Waals surface area contributed by atoms with Crippen molar-refractivity contribution in [1.82, 2.24) is 5.32 Å². The van der Waals surface area contributed by atoms with Crippen LogP contribution in [0.5, 0.6) is 5.75 Å². The van der Waals surface area contributed by atoms with E-state index in [4.69, 9.17) is 10.5 Å². The van der Waals surface area contributed by atoms with Crippen LogP contribution in [0, 0.1) is 5.82 Å². The summed E-state index contributed by atoms with van der Waals surface area (Å²) in [6, 6.07) is 14.2. The molecule has 0 radical (unpaired) electrons. The van der Waals surface area contributed by atoms with Crippen LogP contribution in [0.1, 0.15) is 18.1 Å². The Morgan fingerprint density at radius 1 is 1.15 bits per heavy atom. The van der Waals surface area contributed by atoms with E-state index < -0.39 is 0 Å². The number of benzene rings is 2. The highest BCUT2D eigenvalue weighted by Gasteiger charge is 1.99. The van der Waals surface area contributed by atoms with E-state index in [0.29, 0.717) is 6.61 Å². The quantitative estimate of drug-likeness (QED) is 0.796. The van der Waals surface area contributed by atoms with Crippen molar-refractivity contribution in [1.29, 1.82) is 0 Å². The summed E-state index contributed by atoms with van der Waals surface area (Å²) in [6.07, 6.45) is -0.0288. The number of halogens is 1. The molecule has 1 atom stereocenters. The van der Waals surface area contributed by atoms with Crippen molar-refractivity contribution in [3.8, 4) is 5.75 Å². The molecule has 0 bridgehead atoms. The summed E-state index contributed by atoms with van der Waals surface area (Å²) in [5.74, 6) is 0.516. The number of nitrogens with two attached hydrogens (primary N) is 1. The van der Waals surface area contributed by atoms with Crippen LogP contribution in [-0.2, 0) is 13.2 Å². The molecule has 4 heteroatoms. The Morgan fingerprint density at radius 3 is 2.55 bits per heavy atom. The first kappa shape index (κ1) is 14.5. The van der Waals surface area contributed by atoms with Gasteiger partial charge in [0, 0.05) is 6.54 Å². The molecule has 0 aromatic heterocycles. The van der Waals surface area contributed by atoms with Crippen LogP contribution >= 0.6 is 0 Å². The molecule has 0 spiro atoms. The summed E-state index contributed by atoms with van der Waals surface area (Å²) in [5, 5.41) is 3.14. The number of hydrogen-bond donors (Lipinski definition) is 2. The minimum Gasteiger partial charge on any atom is -0.489 e. The molecular formula is C16H19FN2O. The summed E-state index contributed by atoms with van der Waals surface area (Å²) in [4.78, 5) is 0. The lowest BCUT2D eigenvalue weighted by Gasteiger charge is -2.10. The number of nitrogens with one attached hydrogen (secondary N) is 1. The average molecular weight is 274 g/mol. The smallest absolute Gasteiger partial charge is 0.123 e. The Bertz CT molecular complexity index is 540. The first-order valence-corrected chi connectivity index (χ1v) is 6.58. The molecule has 0 fully saturated rings. The van der Waals surface area contributed by atoms with Gasteiger partial charge < -0.3 is 10.5 Å². The fraction of sp³-hybridized carbons (Fsp3) is 0.250. The molecule has 0 aliphatic rings. The van der Waals surface area contributed by atoms with Crippen LogP contribution in [0.3, 0.4) is 0 Å². The fourth-order valence-corrected chi connectivity index (χ4v) is 1.78. The van der Waals surface area contributed by atoms with Gasteiger partial charge in [-0.1, -0.05) is 24.3 Å². The molecule has 0 aliphatic carbocycles. The van der Waals surface area contributed by atoms with Gasteiger partial charge in [-0.15, -0.1) is 0 Å². The van der Waals surface area contributed by atoms with Gasteiger partial charge in [-0.25, -0.2) is 4.39 Å². The molecule has 0 aliphatic heterocycles. The van der Waals surface area contributed by atoms with E-state index in [9.17, 15) is 4.39 Å². The van der Waals surface area contributed by atoms with Gasteiger partial charge in [-0.05, 0) is 42.3 Å². The van der Waals surface area contributed by atoms with Gasteiger partial charge in [0.25, 0.3) is 0 Å². The molecule has 2 rings (SSSR count). The van der Waals surface area contributed by atoms with E-state index in [1.165, 1.54) is 12.1 Å². The molecule has 0 saturated carbocycles. The molecule has 106 valence electrons. The lowest BCUT2D eigenvalue weighted by molar-refractivity contribution is 0.305.